The van der Waals surface area contributed by atoms with Crippen LogP contribution < -0.4 is 0 Å². The first-order valence-corrected chi connectivity index (χ1v) is 11.5. The van der Waals surface area contributed by atoms with Gasteiger partial charge in [-0.1, -0.05) is 41.0 Å². The smallest absolute Gasteiger partial charge is 0.334 e. The van der Waals surface area contributed by atoms with Gasteiger partial charge in [0.25, 0.3) is 0 Å². The average molecular weight is 407 g/mol. The quantitative estimate of drug-likeness (QED) is 0.531. The molecule has 4 heteroatoms. The summed E-state index contributed by atoms with van der Waals surface area (Å²) in [4.78, 5) is 12.2. The first-order valence-electron chi connectivity index (χ1n) is 11.5. The third-order valence-electron chi connectivity index (χ3n) is 9.34. The lowest BCUT2D eigenvalue weighted by Crippen LogP contribution is -2.61. The van der Waals surface area contributed by atoms with Gasteiger partial charge in [-0.3, -0.25) is 0 Å². The van der Waals surface area contributed by atoms with Gasteiger partial charge in [0.2, 0.25) is 0 Å². The number of hydrogen-bond acceptors (Lipinski definition) is 4. The summed E-state index contributed by atoms with van der Waals surface area (Å²) in [6.45, 7) is 13.2. The summed E-state index contributed by atoms with van der Waals surface area (Å²) in [5, 5.41) is 0. The number of methoxy groups -OCH3 is 2. The lowest BCUT2D eigenvalue weighted by Gasteiger charge is -2.65. The summed E-state index contributed by atoms with van der Waals surface area (Å²) in [7, 11) is 3.68. The van der Waals surface area contributed by atoms with Crippen molar-refractivity contribution in [3.63, 3.8) is 0 Å². The highest BCUT2D eigenvalue weighted by atomic mass is 16.5. The van der Waals surface area contributed by atoms with E-state index in [-0.39, 0.29) is 28.8 Å². The fourth-order valence-corrected chi connectivity index (χ4v) is 7.57. The first-order chi connectivity index (χ1) is 13.7. The molecule has 2 fully saturated rings. The number of esters is 1. The van der Waals surface area contributed by atoms with Crippen molar-refractivity contribution in [1.29, 1.82) is 0 Å². The van der Waals surface area contributed by atoms with Crippen LogP contribution in [0.4, 0.5) is 0 Å². The second-order valence-corrected chi connectivity index (χ2v) is 10.8. The standard InChI is InChI=1S/C25H42O4/c1-8-23(3)12-9-19-24(4,13-10-21(28-7)25(19,5)16-27-6)20(23)15-17(2)18-11-14-29-22(18)26/h11,17,19-21H,8-10,12-16H2,1-7H3. The summed E-state index contributed by atoms with van der Waals surface area (Å²) in [5.41, 5.74) is 1.44. The second kappa shape index (κ2) is 8.34. The van der Waals surface area contributed by atoms with Gasteiger partial charge in [-0.25, -0.2) is 4.79 Å². The third-order valence-corrected chi connectivity index (χ3v) is 9.34. The van der Waals surface area contributed by atoms with Crippen molar-refractivity contribution in [2.24, 2.45) is 34.0 Å². The van der Waals surface area contributed by atoms with E-state index in [0.29, 0.717) is 23.9 Å². The Morgan fingerprint density at radius 3 is 2.48 bits per heavy atom. The molecule has 0 aromatic carbocycles. The van der Waals surface area contributed by atoms with E-state index in [2.05, 4.69) is 34.6 Å². The average Bonchev–Trinajstić information content (AvgIpc) is 3.11. The summed E-state index contributed by atoms with van der Waals surface area (Å²) in [6, 6.07) is 0. The van der Waals surface area contributed by atoms with E-state index in [1.165, 1.54) is 25.7 Å². The van der Waals surface area contributed by atoms with E-state index in [4.69, 9.17) is 14.2 Å². The first kappa shape index (κ1) is 22.8. The Morgan fingerprint density at radius 1 is 1.21 bits per heavy atom. The van der Waals surface area contributed by atoms with Gasteiger partial charge in [0, 0.05) is 25.2 Å². The van der Waals surface area contributed by atoms with E-state index in [1.807, 2.05) is 20.3 Å². The normalized spacial score (nSPS) is 43.5. The molecule has 0 saturated heterocycles. The Balaban J connectivity index is 1.96. The minimum atomic E-state index is -0.111. The number of cyclic esters (lactones) is 1. The van der Waals surface area contributed by atoms with Crippen molar-refractivity contribution in [2.75, 3.05) is 27.4 Å². The molecule has 0 aromatic heterocycles. The molecule has 2 aliphatic carbocycles. The fraction of sp³-hybridized carbons (Fsp3) is 0.880. The molecule has 0 N–H and O–H groups in total. The highest BCUT2D eigenvalue weighted by molar-refractivity contribution is 5.90. The predicted molar refractivity (Wildman–Crippen MR) is 116 cm³/mol. The van der Waals surface area contributed by atoms with Crippen molar-refractivity contribution < 1.29 is 19.0 Å². The molecule has 1 aliphatic heterocycles. The van der Waals surface area contributed by atoms with Gasteiger partial charge in [-0.2, -0.15) is 0 Å². The maximum absolute atomic E-state index is 12.2. The van der Waals surface area contributed by atoms with Gasteiger partial charge >= 0.3 is 5.97 Å². The fourth-order valence-electron chi connectivity index (χ4n) is 7.57. The summed E-state index contributed by atoms with van der Waals surface area (Å²) in [5.74, 6) is 1.26. The minimum absolute atomic E-state index is 0.0264. The molecule has 3 aliphatic rings. The molecule has 0 aromatic rings. The summed E-state index contributed by atoms with van der Waals surface area (Å²) in [6.07, 6.45) is 9.22. The van der Waals surface area contributed by atoms with Crippen LogP contribution in [0.25, 0.3) is 0 Å². The lowest BCUT2D eigenvalue weighted by atomic mass is 9.41. The van der Waals surface area contributed by atoms with Crippen molar-refractivity contribution in [3.8, 4) is 0 Å². The lowest BCUT2D eigenvalue weighted by molar-refractivity contribution is -0.201. The third kappa shape index (κ3) is 3.69. The Labute approximate surface area is 177 Å². The predicted octanol–water partition coefficient (Wildman–Crippen LogP) is 5.41. The molecular formula is C25H42O4. The van der Waals surface area contributed by atoms with Gasteiger partial charge in [0.05, 0.1) is 12.7 Å². The van der Waals surface area contributed by atoms with E-state index in [9.17, 15) is 4.79 Å². The van der Waals surface area contributed by atoms with Gasteiger partial charge in [-0.15, -0.1) is 0 Å². The summed E-state index contributed by atoms with van der Waals surface area (Å²) >= 11 is 0. The molecule has 0 spiro atoms. The summed E-state index contributed by atoms with van der Waals surface area (Å²) < 4.78 is 17.0. The zero-order chi connectivity index (χ0) is 21.4. The van der Waals surface area contributed by atoms with Crippen LogP contribution in [-0.4, -0.2) is 39.5 Å². The van der Waals surface area contributed by atoms with Crippen LogP contribution in [0.15, 0.2) is 11.6 Å². The molecule has 1 heterocycles. The second-order valence-electron chi connectivity index (χ2n) is 10.8. The molecule has 7 unspecified atom stereocenters. The Hall–Kier alpha value is -0.870. The van der Waals surface area contributed by atoms with Crippen LogP contribution in [-0.2, 0) is 19.0 Å². The van der Waals surface area contributed by atoms with Crippen LogP contribution in [0.1, 0.15) is 73.1 Å². The number of hydrogen-bond donors (Lipinski definition) is 0. The van der Waals surface area contributed by atoms with E-state index in [0.717, 1.165) is 25.0 Å². The molecular weight excluding hydrogens is 364 g/mol. The van der Waals surface area contributed by atoms with Gasteiger partial charge in [0.1, 0.15) is 6.61 Å². The molecule has 0 radical (unpaired) electrons. The highest BCUT2D eigenvalue weighted by Gasteiger charge is 2.61. The molecule has 0 amide bonds. The van der Waals surface area contributed by atoms with Crippen LogP contribution >= 0.6 is 0 Å². The monoisotopic (exact) mass is 406 g/mol. The van der Waals surface area contributed by atoms with Crippen LogP contribution in [0.5, 0.6) is 0 Å². The van der Waals surface area contributed by atoms with E-state index < -0.39 is 0 Å². The molecule has 7 atom stereocenters. The van der Waals surface area contributed by atoms with Gasteiger partial charge in [0.15, 0.2) is 0 Å². The molecule has 0 bridgehead atoms. The highest BCUT2D eigenvalue weighted by Crippen LogP contribution is 2.66. The zero-order valence-electron chi connectivity index (χ0n) is 19.7. The molecule has 4 nitrogen and oxygen atoms in total. The van der Waals surface area contributed by atoms with E-state index in [1.54, 1.807) is 0 Å². The number of rotatable bonds is 7. The Bertz CT molecular complexity index is 643. The van der Waals surface area contributed by atoms with E-state index >= 15 is 0 Å². The zero-order valence-corrected chi connectivity index (χ0v) is 19.7. The molecule has 2 saturated carbocycles. The van der Waals surface area contributed by atoms with Crippen molar-refractivity contribution in [2.45, 2.75) is 79.2 Å². The number of fused-ring (bicyclic) bond motifs is 1. The Kier molecular flexibility index (Phi) is 6.56. The van der Waals surface area contributed by atoms with Crippen molar-refractivity contribution in [1.82, 2.24) is 0 Å². The molecule has 29 heavy (non-hydrogen) atoms. The number of carbonyl (C=O) groups excluding carboxylic acids is 1. The maximum atomic E-state index is 12.2. The minimum Gasteiger partial charge on any atom is -0.458 e. The van der Waals surface area contributed by atoms with Crippen LogP contribution in [0, 0.1) is 34.0 Å². The number of carbonyl (C=O) groups is 1. The maximum Gasteiger partial charge on any atom is 0.334 e. The van der Waals surface area contributed by atoms with Gasteiger partial charge in [-0.05, 0) is 66.8 Å². The molecule has 3 rings (SSSR count). The topological polar surface area (TPSA) is 44.8 Å². The van der Waals surface area contributed by atoms with Crippen molar-refractivity contribution in [3.05, 3.63) is 11.6 Å². The number of ether oxygens (including phenoxy) is 3. The Morgan fingerprint density at radius 2 is 1.93 bits per heavy atom. The SMILES string of the molecule is CCC1(C)CCC2C(C)(COC)C(OC)CCC2(C)C1CC(C)C1=CCOC1=O. The van der Waals surface area contributed by atoms with Crippen LogP contribution in [0.2, 0.25) is 0 Å². The largest absolute Gasteiger partial charge is 0.458 e. The van der Waals surface area contributed by atoms with Gasteiger partial charge < -0.3 is 14.2 Å². The van der Waals surface area contributed by atoms with Crippen molar-refractivity contribution >= 4 is 5.97 Å². The van der Waals surface area contributed by atoms with Crippen LogP contribution in [0.3, 0.4) is 0 Å². The molecule has 166 valence electrons.